The van der Waals surface area contributed by atoms with Crippen LogP contribution in [0.4, 0.5) is 0 Å². The molecule has 0 saturated heterocycles. The molecule has 2 rings (SSSR count). The molecule has 0 saturated carbocycles. The first-order chi connectivity index (χ1) is 8.97. The fraction of sp³-hybridized carbons (Fsp3) is 0. The average molecular weight is 319 g/mol. The van der Waals surface area contributed by atoms with Gasteiger partial charge in [-0.25, -0.2) is 9.78 Å². The molecule has 0 atom stereocenters. The lowest BCUT2D eigenvalue weighted by atomic mass is 10.3. The van der Waals surface area contributed by atoms with Crippen LogP contribution in [0.2, 0.25) is 15.1 Å². The lowest BCUT2D eigenvalue weighted by Crippen LogP contribution is -1.99. The molecular weight excluding hydrogens is 312 g/mol. The maximum atomic E-state index is 10.8. The molecule has 0 aliphatic carbocycles. The SMILES string of the molecule is O=C(O)c1cc(Oc2cc(Cl)c(Cl)cc2Cl)ccn1. The maximum Gasteiger partial charge on any atom is 0.354 e. The van der Waals surface area contributed by atoms with Crippen molar-refractivity contribution in [3.8, 4) is 11.5 Å². The fourth-order valence-corrected chi connectivity index (χ4v) is 1.88. The monoisotopic (exact) mass is 317 g/mol. The van der Waals surface area contributed by atoms with Gasteiger partial charge in [0, 0.05) is 18.3 Å². The molecule has 1 aromatic heterocycles. The minimum Gasteiger partial charge on any atom is -0.477 e. The van der Waals surface area contributed by atoms with Gasteiger partial charge in [0.15, 0.2) is 5.69 Å². The van der Waals surface area contributed by atoms with Crippen molar-refractivity contribution in [1.29, 1.82) is 0 Å². The average Bonchev–Trinajstić information content (AvgIpc) is 2.36. The number of carbonyl (C=O) groups is 1. The van der Waals surface area contributed by atoms with Crippen LogP contribution in [0.1, 0.15) is 10.5 Å². The summed E-state index contributed by atoms with van der Waals surface area (Å²) >= 11 is 17.6. The van der Waals surface area contributed by atoms with Gasteiger partial charge in [0.1, 0.15) is 11.5 Å². The summed E-state index contributed by atoms with van der Waals surface area (Å²) in [6, 6.07) is 5.68. The molecule has 19 heavy (non-hydrogen) atoms. The molecule has 0 fully saturated rings. The molecule has 1 N–H and O–H groups in total. The molecule has 0 amide bonds. The lowest BCUT2D eigenvalue weighted by Gasteiger charge is -2.09. The summed E-state index contributed by atoms with van der Waals surface area (Å²) in [6.45, 7) is 0. The number of nitrogens with zero attached hydrogens (tertiary/aromatic N) is 1. The number of carboxylic acids is 1. The molecule has 4 nitrogen and oxygen atoms in total. The summed E-state index contributed by atoms with van der Waals surface area (Å²) in [5.74, 6) is -0.586. The minimum absolute atomic E-state index is 0.131. The molecule has 1 heterocycles. The Balaban J connectivity index is 2.33. The van der Waals surface area contributed by atoms with Gasteiger partial charge in [-0.3, -0.25) is 0 Å². The summed E-state index contributed by atoms with van der Waals surface area (Å²) in [5.41, 5.74) is -0.131. The largest absolute Gasteiger partial charge is 0.477 e. The highest BCUT2D eigenvalue weighted by molar-refractivity contribution is 6.43. The third kappa shape index (κ3) is 3.29. The van der Waals surface area contributed by atoms with Gasteiger partial charge in [-0.1, -0.05) is 34.8 Å². The van der Waals surface area contributed by atoms with E-state index >= 15 is 0 Å². The van der Waals surface area contributed by atoms with Gasteiger partial charge in [0.2, 0.25) is 0 Å². The van der Waals surface area contributed by atoms with Crippen molar-refractivity contribution >= 4 is 40.8 Å². The molecule has 0 aliphatic rings. The molecule has 0 radical (unpaired) electrons. The predicted octanol–water partition coefficient (Wildman–Crippen LogP) is 4.53. The van der Waals surface area contributed by atoms with E-state index in [0.29, 0.717) is 5.02 Å². The predicted molar refractivity (Wildman–Crippen MR) is 72.7 cm³/mol. The van der Waals surface area contributed by atoms with Crippen LogP contribution < -0.4 is 4.74 Å². The second-order valence-corrected chi connectivity index (χ2v) is 4.70. The Morgan fingerprint density at radius 3 is 2.47 bits per heavy atom. The Hall–Kier alpha value is -1.49. The number of benzene rings is 1. The number of hydrogen-bond donors (Lipinski definition) is 1. The summed E-state index contributed by atoms with van der Waals surface area (Å²) < 4.78 is 5.46. The van der Waals surface area contributed by atoms with Crippen molar-refractivity contribution in [3.05, 3.63) is 51.2 Å². The van der Waals surface area contributed by atoms with Crippen LogP contribution >= 0.6 is 34.8 Å². The molecular formula is C12H6Cl3NO3. The van der Waals surface area contributed by atoms with E-state index in [1.54, 1.807) is 0 Å². The van der Waals surface area contributed by atoms with Crippen molar-refractivity contribution in [2.75, 3.05) is 0 Å². The smallest absolute Gasteiger partial charge is 0.354 e. The molecule has 0 bridgehead atoms. The molecule has 0 unspecified atom stereocenters. The zero-order valence-electron chi connectivity index (χ0n) is 9.23. The van der Waals surface area contributed by atoms with E-state index in [4.69, 9.17) is 44.6 Å². The Kier molecular flexibility index (Phi) is 4.14. The van der Waals surface area contributed by atoms with Crippen LogP contribution in [-0.4, -0.2) is 16.1 Å². The molecule has 7 heteroatoms. The maximum absolute atomic E-state index is 10.8. The fourth-order valence-electron chi connectivity index (χ4n) is 1.30. The van der Waals surface area contributed by atoms with Gasteiger partial charge in [-0.15, -0.1) is 0 Å². The van der Waals surface area contributed by atoms with Gasteiger partial charge in [-0.05, 0) is 12.1 Å². The molecule has 0 spiro atoms. The van der Waals surface area contributed by atoms with Crippen LogP contribution in [0, 0.1) is 0 Å². The van der Waals surface area contributed by atoms with E-state index in [9.17, 15) is 4.79 Å². The molecule has 0 aliphatic heterocycles. The zero-order chi connectivity index (χ0) is 14.0. The third-order valence-corrected chi connectivity index (χ3v) is 3.17. The van der Waals surface area contributed by atoms with Gasteiger partial charge in [0.25, 0.3) is 0 Å². The quantitative estimate of drug-likeness (QED) is 0.844. The first-order valence-electron chi connectivity index (χ1n) is 4.99. The normalized spacial score (nSPS) is 10.3. The summed E-state index contributed by atoms with van der Waals surface area (Å²) in [7, 11) is 0. The van der Waals surface area contributed by atoms with E-state index in [0.717, 1.165) is 0 Å². The molecule has 1 aromatic carbocycles. The van der Waals surface area contributed by atoms with E-state index < -0.39 is 5.97 Å². The topological polar surface area (TPSA) is 59.4 Å². The second kappa shape index (κ2) is 5.65. The van der Waals surface area contributed by atoms with Gasteiger partial charge < -0.3 is 9.84 Å². The Bertz CT molecular complexity index is 646. The van der Waals surface area contributed by atoms with E-state index in [-0.39, 0.29) is 27.2 Å². The summed E-state index contributed by atoms with van der Waals surface area (Å²) in [6.07, 6.45) is 1.32. The highest BCUT2D eigenvalue weighted by Crippen LogP contribution is 2.36. The number of aromatic nitrogens is 1. The lowest BCUT2D eigenvalue weighted by molar-refractivity contribution is 0.0690. The van der Waals surface area contributed by atoms with Crippen LogP contribution in [0.3, 0.4) is 0 Å². The zero-order valence-corrected chi connectivity index (χ0v) is 11.5. The highest BCUT2D eigenvalue weighted by Gasteiger charge is 2.10. The van der Waals surface area contributed by atoms with E-state index in [1.165, 1.54) is 30.5 Å². The van der Waals surface area contributed by atoms with Crippen LogP contribution in [0.25, 0.3) is 0 Å². The summed E-state index contributed by atoms with van der Waals surface area (Å²) in [5, 5.41) is 9.69. The van der Waals surface area contributed by atoms with Crippen LogP contribution in [-0.2, 0) is 0 Å². The van der Waals surface area contributed by atoms with Crippen molar-refractivity contribution in [1.82, 2.24) is 4.98 Å². The number of pyridine rings is 1. The molecule has 2 aromatic rings. The van der Waals surface area contributed by atoms with Crippen molar-refractivity contribution < 1.29 is 14.6 Å². The van der Waals surface area contributed by atoms with Crippen molar-refractivity contribution in [2.45, 2.75) is 0 Å². The van der Waals surface area contributed by atoms with Gasteiger partial charge >= 0.3 is 5.97 Å². The Morgan fingerprint density at radius 1 is 1.11 bits per heavy atom. The Morgan fingerprint density at radius 2 is 1.79 bits per heavy atom. The second-order valence-electron chi connectivity index (χ2n) is 3.48. The van der Waals surface area contributed by atoms with Gasteiger partial charge in [-0.2, -0.15) is 0 Å². The number of ether oxygens (including phenoxy) is 1. The molecule has 98 valence electrons. The van der Waals surface area contributed by atoms with Crippen molar-refractivity contribution in [2.24, 2.45) is 0 Å². The number of carboxylic acid groups (broad SMARTS) is 1. The van der Waals surface area contributed by atoms with Gasteiger partial charge in [0.05, 0.1) is 15.1 Å². The Labute approximate surface area is 123 Å². The third-order valence-electron chi connectivity index (χ3n) is 2.15. The number of aromatic carboxylic acids is 1. The van der Waals surface area contributed by atoms with Crippen LogP contribution in [0.5, 0.6) is 11.5 Å². The highest BCUT2D eigenvalue weighted by atomic mass is 35.5. The first kappa shape index (κ1) is 13.9. The minimum atomic E-state index is -1.15. The van der Waals surface area contributed by atoms with E-state index in [1.807, 2.05) is 0 Å². The summed E-state index contributed by atoms with van der Waals surface area (Å²) in [4.78, 5) is 14.5. The first-order valence-corrected chi connectivity index (χ1v) is 6.12. The number of halogens is 3. The van der Waals surface area contributed by atoms with Crippen molar-refractivity contribution in [3.63, 3.8) is 0 Å². The van der Waals surface area contributed by atoms with E-state index in [2.05, 4.69) is 4.98 Å². The standard InChI is InChI=1S/C12H6Cl3NO3/c13-7-4-9(15)11(5-8(7)14)19-6-1-2-16-10(3-6)12(17)18/h1-5H,(H,17,18). The number of rotatable bonds is 3. The van der Waals surface area contributed by atoms with Crippen LogP contribution in [0.15, 0.2) is 30.5 Å². The number of hydrogen-bond acceptors (Lipinski definition) is 3.